The van der Waals surface area contributed by atoms with Crippen LogP contribution >= 0.6 is 24.0 Å². The Labute approximate surface area is 174 Å². The molecule has 3 atom stereocenters. The number of halogens is 1. The number of fused-ring (bicyclic) bond motifs is 2. The zero-order valence-corrected chi connectivity index (χ0v) is 18.6. The second kappa shape index (κ2) is 9.78. The standard InChI is InChI=1S/C20H31N3O2.HI/c1-13-10-14(2)15(3)19(11-13)24-9-5-8-22-20(21-4)23-17-12-16-6-7-18(17)25-16;/h10-11,16-18H,5-9,12H2,1-4H3,(H2,21,22,23);1H. The first-order valence-corrected chi connectivity index (χ1v) is 9.40. The topological polar surface area (TPSA) is 54.9 Å². The number of hydrogen-bond acceptors (Lipinski definition) is 3. The zero-order valence-electron chi connectivity index (χ0n) is 16.3. The maximum atomic E-state index is 5.97. The Kier molecular flexibility index (Phi) is 8.01. The third-order valence-corrected chi connectivity index (χ3v) is 5.29. The van der Waals surface area contributed by atoms with Gasteiger partial charge in [0, 0.05) is 13.6 Å². The van der Waals surface area contributed by atoms with Crippen LogP contribution in [-0.4, -0.2) is 44.4 Å². The van der Waals surface area contributed by atoms with E-state index in [9.17, 15) is 0 Å². The van der Waals surface area contributed by atoms with E-state index in [-0.39, 0.29) is 24.0 Å². The Balaban J connectivity index is 0.00000243. The van der Waals surface area contributed by atoms with Crippen LogP contribution in [0.2, 0.25) is 0 Å². The molecule has 2 saturated heterocycles. The molecule has 146 valence electrons. The Hall–Kier alpha value is -1.02. The van der Waals surface area contributed by atoms with Crippen molar-refractivity contribution >= 4 is 29.9 Å². The number of aryl methyl sites for hydroxylation is 2. The summed E-state index contributed by atoms with van der Waals surface area (Å²) < 4.78 is 11.9. The zero-order chi connectivity index (χ0) is 17.8. The van der Waals surface area contributed by atoms with Gasteiger partial charge in [-0.25, -0.2) is 0 Å². The van der Waals surface area contributed by atoms with E-state index in [1.54, 1.807) is 0 Å². The summed E-state index contributed by atoms with van der Waals surface area (Å²) in [5, 5.41) is 6.89. The van der Waals surface area contributed by atoms with Crippen LogP contribution in [0.3, 0.4) is 0 Å². The number of rotatable bonds is 6. The van der Waals surface area contributed by atoms with Gasteiger partial charge in [-0.05, 0) is 69.2 Å². The molecule has 1 aromatic rings. The summed E-state index contributed by atoms with van der Waals surface area (Å²) in [5.41, 5.74) is 3.76. The maximum absolute atomic E-state index is 5.97. The molecule has 0 saturated carbocycles. The lowest BCUT2D eigenvalue weighted by molar-refractivity contribution is 0.0992. The van der Waals surface area contributed by atoms with Crippen LogP contribution in [0.25, 0.3) is 0 Å². The molecule has 3 rings (SSSR count). The van der Waals surface area contributed by atoms with Gasteiger partial charge in [0.05, 0.1) is 24.9 Å². The largest absolute Gasteiger partial charge is 0.493 e. The minimum Gasteiger partial charge on any atom is -0.493 e. The van der Waals surface area contributed by atoms with Crippen molar-refractivity contribution in [2.75, 3.05) is 20.2 Å². The van der Waals surface area contributed by atoms with E-state index in [0.29, 0.717) is 24.9 Å². The minimum atomic E-state index is 0. The number of benzene rings is 1. The minimum absolute atomic E-state index is 0. The van der Waals surface area contributed by atoms with Gasteiger partial charge >= 0.3 is 0 Å². The highest BCUT2D eigenvalue weighted by Gasteiger charge is 2.41. The van der Waals surface area contributed by atoms with Crippen molar-refractivity contribution in [1.29, 1.82) is 0 Å². The number of nitrogens with one attached hydrogen (secondary N) is 2. The molecule has 0 aliphatic carbocycles. The number of guanidine groups is 1. The van der Waals surface area contributed by atoms with E-state index in [1.807, 2.05) is 7.05 Å². The molecule has 5 nitrogen and oxygen atoms in total. The molecule has 0 radical (unpaired) electrons. The van der Waals surface area contributed by atoms with Gasteiger partial charge in [0.15, 0.2) is 5.96 Å². The summed E-state index contributed by atoms with van der Waals surface area (Å²) in [4.78, 5) is 4.33. The lowest BCUT2D eigenvalue weighted by Gasteiger charge is -2.22. The van der Waals surface area contributed by atoms with Crippen LogP contribution in [0.4, 0.5) is 0 Å². The van der Waals surface area contributed by atoms with Crippen molar-refractivity contribution < 1.29 is 9.47 Å². The van der Waals surface area contributed by atoms with Gasteiger partial charge in [0.2, 0.25) is 0 Å². The highest BCUT2D eigenvalue weighted by molar-refractivity contribution is 14.0. The summed E-state index contributed by atoms with van der Waals surface area (Å²) in [5.74, 6) is 1.86. The first kappa shape index (κ1) is 21.3. The molecule has 0 spiro atoms. The van der Waals surface area contributed by atoms with E-state index >= 15 is 0 Å². The van der Waals surface area contributed by atoms with Crippen molar-refractivity contribution in [3.8, 4) is 5.75 Å². The normalized spacial score (nSPS) is 24.3. The van der Waals surface area contributed by atoms with E-state index in [4.69, 9.17) is 9.47 Å². The van der Waals surface area contributed by atoms with Gasteiger partial charge in [-0.2, -0.15) is 0 Å². The van der Waals surface area contributed by atoms with Crippen molar-refractivity contribution in [1.82, 2.24) is 10.6 Å². The molecule has 2 bridgehead atoms. The first-order chi connectivity index (χ1) is 12.1. The molecule has 2 fully saturated rings. The van der Waals surface area contributed by atoms with Crippen molar-refractivity contribution in [2.45, 2.75) is 64.7 Å². The van der Waals surface area contributed by atoms with Gasteiger partial charge in [-0.3, -0.25) is 4.99 Å². The van der Waals surface area contributed by atoms with E-state index in [2.05, 4.69) is 48.5 Å². The number of hydrogen-bond donors (Lipinski definition) is 2. The molecule has 6 heteroatoms. The smallest absolute Gasteiger partial charge is 0.191 e. The Morgan fingerprint density at radius 3 is 2.73 bits per heavy atom. The lowest BCUT2D eigenvalue weighted by atomic mass is 9.96. The van der Waals surface area contributed by atoms with Crippen molar-refractivity contribution in [3.05, 3.63) is 28.8 Å². The van der Waals surface area contributed by atoms with Gasteiger partial charge in [-0.1, -0.05) is 6.07 Å². The average molecular weight is 473 g/mol. The molecule has 3 unspecified atom stereocenters. The maximum Gasteiger partial charge on any atom is 0.191 e. The number of aliphatic imine (C=N–C) groups is 1. The Bertz CT molecular complexity index is 636. The Morgan fingerprint density at radius 1 is 1.27 bits per heavy atom. The summed E-state index contributed by atoms with van der Waals surface area (Å²) in [6.07, 6.45) is 5.22. The van der Waals surface area contributed by atoms with E-state index < -0.39 is 0 Å². The molecule has 26 heavy (non-hydrogen) atoms. The molecule has 0 aromatic heterocycles. The summed E-state index contributed by atoms with van der Waals surface area (Å²) >= 11 is 0. The molecule has 2 aliphatic heterocycles. The predicted octanol–water partition coefficient (Wildman–Crippen LogP) is 3.48. The van der Waals surface area contributed by atoms with Crippen molar-refractivity contribution in [2.24, 2.45) is 4.99 Å². The average Bonchev–Trinajstić information content (AvgIpc) is 3.20. The highest BCUT2D eigenvalue weighted by Crippen LogP contribution is 2.34. The third kappa shape index (κ3) is 5.25. The van der Waals surface area contributed by atoms with Crippen LogP contribution in [0.1, 0.15) is 42.4 Å². The fourth-order valence-electron chi connectivity index (χ4n) is 3.77. The van der Waals surface area contributed by atoms with Crippen LogP contribution in [0, 0.1) is 20.8 Å². The predicted molar refractivity (Wildman–Crippen MR) is 117 cm³/mol. The van der Waals surface area contributed by atoms with Gasteiger partial charge in [0.1, 0.15) is 5.75 Å². The first-order valence-electron chi connectivity index (χ1n) is 9.40. The molecule has 2 aliphatic rings. The molecule has 2 heterocycles. The molecule has 1 aromatic carbocycles. The van der Waals surface area contributed by atoms with E-state index in [0.717, 1.165) is 31.1 Å². The monoisotopic (exact) mass is 473 g/mol. The number of ether oxygens (including phenoxy) is 2. The lowest BCUT2D eigenvalue weighted by Crippen LogP contribution is -2.47. The van der Waals surface area contributed by atoms with Gasteiger partial charge in [-0.15, -0.1) is 24.0 Å². The second-order valence-corrected chi connectivity index (χ2v) is 7.27. The van der Waals surface area contributed by atoms with Crippen LogP contribution in [0.15, 0.2) is 17.1 Å². The van der Waals surface area contributed by atoms with Crippen LogP contribution in [0.5, 0.6) is 5.75 Å². The second-order valence-electron chi connectivity index (χ2n) is 7.27. The van der Waals surface area contributed by atoms with Crippen LogP contribution < -0.4 is 15.4 Å². The molecular weight excluding hydrogens is 441 g/mol. The number of nitrogens with zero attached hydrogens (tertiary/aromatic N) is 1. The summed E-state index contributed by atoms with van der Waals surface area (Å²) in [6.45, 7) is 7.89. The van der Waals surface area contributed by atoms with Crippen molar-refractivity contribution in [3.63, 3.8) is 0 Å². The molecule has 0 amide bonds. The molecular formula is C20H32IN3O2. The van der Waals surface area contributed by atoms with Crippen LogP contribution in [-0.2, 0) is 4.74 Å². The summed E-state index contributed by atoms with van der Waals surface area (Å²) in [7, 11) is 1.82. The van der Waals surface area contributed by atoms with E-state index in [1.165, 1.54) is 29.5 Å². The fourth-order valence-corrected chi connectivity index (χ4v) is 3.77. The quantitative estimate of drug-likeness (QED) is 0.288. The SMILES string of the molecule is CN=C(NCCCOc1cc(C)cc(C)c1C)NC1CC2CCC1O2.I. The molecule has 2 N–H and O–H groups in total. The third-order valence-electron chi connectivity index (χ3n) is 5.29. The van der Waals surface area contributed by atoms with Gasteiger partial charge in [0.25, 0.3) is 0 Å². The Morgan fingerprint density at radius 2 is 2.08 bits per heavy atom. The fraction of sp³-hybridized carbons (Fsp3) is 0.650. The van der Waals surface area contributed by atoms with Gasteiger partial charge < -0.3 is 20.1 Å². The highest BCUT2D eigenvalue weighted by atomic mass is 127. The summed E-state index contributed by atoms with van der Waals surface area (Å²) in [6, 6.07) is 4.71.